The quantitative estimate of drug-likeness (QED) is 0.751. The Balaban J connectivity index is 1.85. The molecule has 0 saturated carbocycles. The fourth-order valence-corrected chi connectivity index (χ4v) is 3.21. The number of thiocarbonyl (C=S) groups is 1. The van der Waals surface area contributed by atoms with Crippen LogP contribution in [0.3, 0.4) is 0 Å². The van der Waals surface area contributed by atoms with Gasteiger partial charge in [-0.3, -0.25) is 4.79 Å². The van der Waals surface area contributed by atoms with E-state index in [1.54, 1.807) is 29.5 Å². The molecule has 1 amide bonds. The van der Waals surface area contributed by atoms with Gasteiger partial charge in [-0.15, -0.1) is 11.3 Å². The molecule has 2 rings (SSSR count). The number of carbonyl (C=O) groups is 1. The van der Waals surface area contributed by atoms with Gasteiger partial charge in [0, 0.05) is 4.88 Å². The molecule has 4 nitrogen and oxygen atoms in total. The van der Waals surface area contributed by atoms with E-state index in [0.29, 0.717) is 17.9 Å². The summed E-state index contributed by atoms with van der Waals surface area (Å²) < 4.78 is 6.50. The summed E-state index contributed by atoms with van der Waals surface area (Å²) in [6, 6.07) is 11.0. The number of nitrogens with two attached hydrogens (primary N) is 1. The van der Waals surface area contributed by atoms with Crippen LogP contribution in [0.2, 0.25) is 0 Å². The molecule has 0 unspecified atom stereocenters. The molecule has 2 aromatic rings. The highest BCUT2D eigenvalue weighted by Crippen LogP contribution is 2.21. The van der Waals surface area contributed by atoms with Crippen LogP contribution in [-0.2, 0) is 11.3 Å². The lowest BCUT2D eigenvalue weighted by atomic mass is 10.2. The van der Waals surface area contributed by atoms with E-state index in [4.69, 9.17) is 22.7 Å². The molecule has 21 heavy (non-hydrogen) atoms. The summed E-state index contributed by atoms with van der Waals surface area (Å²) in [6.45, 7) is 0.404. The minimum Gasteiger partial charge on any atom is -0.483 e. The van der Waals surface area contributed by atoms with Crippen LogP contribution in [0.15, 0.2) is 40.2 Å². The number of halogens is 1. The Hall–Kier alpha value is -1.44. The maximum atomic E-state index is 11.8. The summed E-state index contributed by atoms with van der Waals surface area (Å²) in [4.78, 5) is 13.1. The summed E-state index contributed by atoms with van der Waals surface area (Å²) >= 11 is 9.90. The minimum absolute atomic E-state index is 0.0772. The summed E-state index contributed by atoms with van der Waals surface area (Å²) in [5, 5.41) is 2.79. The van der Waals surface area contributed by atoms with E-state index >= 15 is 0 Å². The topological polar surface area (TPSA) is 64.3 Å². The number of benzene rings is 1. The van der Waals surface area contributed by atoms with Crippen molar-refractivity contribution in [3.63, 3.8) is 0 Å². The molecular weight excluding hydrogens is 372 g/mol. The largest absolute Gasteiger partial charge is 0.483 e. The predicted molar refractivity (Wildman–Crippen MR) is 91.7 cm³/mol. The van der Waals surface area contributed by atoms with Gasteiger partial charge >= 0.3 is 0 Å². The highest BCUT2D eigenvalue weighted by molar-refractivity contribution is 9.11. The third kappa shape index (κ3) is 4.80. The monoisotopic (exact) mass is 384 g/mol. The Morgan fingerprint density at radius 1 is 1.33 bits per heavy atom. The van der Waals surface area contributed by atoms with Crippen molar-refractivity contribution in [2.45, 2.75) is 6.54 Å². The zero-order valence-corrected chi connectivity index (χ0v) is 14.2. The lowest BCUT2D eigenvalue weighted by Gasteiger charge is -2.10. The number of hydrogen-bond donors (Lipinski definition) is 2. The summed E-state index contributed by atoms with van der Waals surface area (Å²) in [7, 11) is 0. The van der Waals surface area contributed by atoms with Gasteiger partial charge in [-0.2, -0.15) is 0 Å². The molecule has 1 aromatic carbocycles. The Labute approximate surface area is 140 Å². The van der Waals surface area contributed by atoms with Crippen LogP contribution in [-0.4, -0.2) is 17.5 Å². The van der Waals surface area contributed by atoms with E-state index in [9.17, 15) is 4.79 Å². The molecule has 0 fully saturated rings. The van der Waals surface area contributed by atoms with Crippen molar-refractivity contribution >= 4 is 50.4 Å². The Morgan fingerprint density at radius 2 is 2.10 bits per heavy atom. The van der Waals surface area contributed by atoms with E-state index in [1.165, 1.54) is 0 Å². The maximum absolute atomic E-state index is 11.8. The first-order valence-corrected chi connectivity index (χ1v) is 8.10. The average molecular weight is 385 g/mol. The number of amides is 1. The Morgan fingerprint density at radius 3 is 2.76 bits per heavy atom. The molecule has 1 aromatic heterocycles. The predicted octanol–water partition coefficient (Wildman–Crippen LogP) is 2.84. The first kappa shape index (κ1) is 15.9. The maximum Gasteiger partial charge on any atom is 0.258 e. The van der Waals surface area contributed by atoms with Crippen molar-refractivity contribution in [1.82, 2.24) is 5.32 Å². The van der Waals surface area contributed by atoms with Gasteiger partial charge in [0.05, 0.1) is 15.9 Å². The molecule has 0 atom stereocenters. The molecular formula is C14H13BrN2O2S2. The van der Waals surface area contributed by atoms with Gasteiger partial charge in [-0.25, -0.2) is 0 Å². The highest BCUT2D eigenvalue weighted by Gasteiger charge is 2.08. The first-order chi connectivity index (χ1) is 10.1. The minimum atomic E-state index is -0.197. The Bertz CT molecular complexity index is 658. The van der Waals surface area contributed by atoms with Crippen molar-refractivity contribution in [3.05, 3.63) is 50.6 Å². The van der Waals surface area contributed by atoms with Crippen LogP contribution in [0, 0.1) is 0 Å². The fraction of sp³-hybridized carbons (Fsp3) is 0.143. The molecule has 3 N–H and O–H groups in total. The molecule has 0 spiro atoms. The number of thiophene rings is 1. The Kier molecular flexibility index (Phi) is 5.72. The van der Waals surface area contributed by atoms with Gasteiger partial charge < -0.3 is 15.8 Å². The zero-order valence-electron chi connectivity index (χ0n) is 11.0. The SMILES string of the molecule is NC(=S)c1ccccc1OCC(=O)NCc1ccc(Br)s1. The normalized spacial score (nSPS) is 10.1. The molecule has 0 aliphatic rings. The summed E-state index contributed by atoms with van der Waals surface area (Å²) in [6.07, 6.45) is 0. The van der Waals surface area contributed by atoms with E-state index in [-0.39, 0.29) is 17.5 Å². The van der Waals surface area contributed by atoms with E-state index in [1.807, 2.05) is 18.2 Å². The molecule has 1 heterocycles. The standard InChI is InChI=1S/C14H13BrN2O2S2/c15-12-6-5-9(21-12)7-17-13(18)8-19-11-4-2-1-3-10(11)14(16)20/h1-6H,7-8H2,(H2,16,20)(H,17,18). The van der Waals surface area contributed by atoms with E-state index < -0.39 is 0 Å². The lowest BCUT2D eigenvalue weighted by Crippen LogP contribution is -2.28. The zero-order chi connectivity index (χ0) is 15.2. The van der Waals surface area contributed by atoms with Crippen LogP contribution >= 0.6 is 39.5 Å². The van der Waals surface area contributed by atoms with Crippen LogP contribution in [0.1, 0.15) is 10.4 Å². The number of nitrogens with one attached hydrogen (secondary N) is 1. The summed E-state index contributed by atoms with van der Waals surface area (Å²) in [5.41, 5.74) is 6.23. The molecule has 110 valence electrons. The molecule has 0 aliphatic carbocycles. The van der Waals surface area contributed by atoms with Crippen molar-refractivity contribution in [2.75, 3.05) is 6.61 Å². The number of para-hydroxylation sites is 1. The van der Waals surface area contributed by atoms with Crippen LogP contribution in [0.5, 0.6) is 5.75 Å². The van der Waals surface area contributed by atoms with Crippen molar-refractivity contribution in [1.29, 1.82) is 0 Å². The second kappa shape index (κ2) is 7.53. The second-order valence-corrected chi connectivity index (χ2v) is 7.12. The van der Waals surface area contributed by atoms with Crippen LogP contribution in [0.25, 0.3) is 0 Å². The second-order valence-electron chi connectivity index (χ2n) is 4.13. The average Bonchev–Trinajstić information content (AvgIpc) is 2.88. The lowest BCUT2D eigenvalue weighted by molar-refractivity contribution is -0.123. The number of carbonyl (C=O) groups excluding carboxylic acids is 1. The molecule has 0 saturated heterocycles. The number of hydrogen-bond acceptors (Lipinski definition) is 4. The van der Waals surface area contributed by atoms with Crippen molar-refractivity contribution in [2.24, 2.45) is 5.73 Å². The van der Waals surface area contributed by atoms with Gasteiger partial charge in [0.1, 0.15) is 10.7 Å². The smallest absolute Gasteiger partial charge is 0.258 e. The van der Waals surface area contributed by atoms with Gasteiger partial charge in [0.2, 0.25) is 0 Å². The molecule has 0 bridgehead atoms. The number of rotatable bonds is 6. The van der Waals surface area contributed by atoms with Gasteiger partial charge in [0.25, 0.3) is 5.91 Å². The van der Waals surface area contributed by atoms with E-state index in [0.717, 1.165) is 8.66 Å². The van der Waals surface area contributed by atoms with Crippen molar-refractivity contribution < 1.29 is 9.53 Å². The van der Waals surface area contributed by atoms with Crippen LogP contribution < -0.4 is 15.8 Å². The third-order valence-corrected chi connectivity index (χ3v) is 4.44. The van der Waals surface area contributed by atoms with Crippen LogP contribution in [0.4, 0.5) is 0 Å². The highest BCUT2D eigenvalue weighted by atomic mass is 79.9. The van der Waals surface area contributed by atoms with E-state index in [2.05, 4.69) is 21.2 Å². The van der Waals surface area contributed by atoms with Gasteiger partial charge in [0.15, 0.2) is 6.61 Å². The number of ether oxygens (including phenoxy) is 1. The molecule has 0 aliphatic heterocycles. The molecule has 0 radical (unpaired) electrons. The first-order valence-electron chi connectivity index (χ1n) is 6.09. The summed E-state index contributed by atoms with van der Waals surface area (Å²) in [5.74, 6) is 0.316. The third-order valence-electron chi connectivity index (χ3n) is 2.60. The van der Waals surface area contributed by atoms with Gasteiger partial charge in [-0.1, -0.05) is 24.4 Å². The van der Waals surface area contributed by atoms with Gasteiger partial charge in [-0.05, 0) is 40.2 Å². The molecule has 7 heteroatoms. The fourth-order valence-electron chi connectivity index (χ4n) is 1.62. The van der Waals surface area contributed by atoms with Crippen molar-refractivity contribution in [3.8, 4) is 5.75 Å².